The van der Waals surface area contributed by atoms with Crippen LogP contribution in [0.25, 0.3) is 22.1 Å². The molecule has 0 aliphatic rings. The van der Waals surface area contributed by atoms with Crippen LogP contribution in [-0.2, 0) is 24.3 Å². The second-order valence-corrected chi connectivity index (χ2v) is 13.5. The second-order valence-electron chi connectivity index (χ2n) is 11.8. The fourth-order valence-corrected chi connectivity index (χ4v) is 5.95. The molecule has 0 fully saturated rings. The number of furan rings is 1. The molecule has 11 nitrogen and oxygen atoms in total. The van der Waals surface area contributed by atoms with Crippen LogP contribution in [0.3, 0.4) is 0 Å². The summed E-state index contributed by atoms with van der Waals surface area (Å²) in [7, 11) is -2.76. The van der Waals surface area contributed by atoms with Gasteiger partial charge in [0.05, 0.1) is 17.7 Å². The molecule has 1 atom stereocenters. The minimum Gasteiger partial charge on any atom is -0.468 e. The lowest BCUT2D eigenvalue weighted by molar-refractivity contribution is -0.143. The summed E-state index contributed by atoms with van der Waals surface area (Å²) in [5.74, 6) is -1.33. The lowest BCUT2D eigenvalue weighted by atomic mass is 10.1. The SMILES string of the molecule is COC(=O)C(NS(=O)(=O)c1ccc(-c2ccc(NC(=O)c3oc4cccc(NC(=O)OC(C)(C)C)c4c3C)cc2)cc1)C(C)C. The Morgan fingerprint density at radius 3 is 2.02 bits per heavy atom. The molecule has 0 aliphatic heterocycles. The van der Waals surface area contributed by atoms with Crippen LogP contribution in [0.2, 0.25) is 0 Å². The van der Waals surface area contributed by atoms with E-state index in [0.29, 0.717) is 27.9 Å². The third-order valence-electron chi connectivity index (χ3n) is 6.84. The molecule has 4 aromatic rings. The van der Waals surface area contributed by atoms with Crippen LogP contribution in [0.15, 0.2) is 76.0 Å². The summed E-state index contributed by atoms with van der Waals surface area (Å²) in [5, 5.41) is 6.15. The maximum Gasteiger partial charge on any atom is 0.412 e. The first-order valence-corrected chi connectivity index (χ1v) is 15.7. The van der Waals surface area contributed by atoms with Crippen LogP contribution >= 0.6 is 0 Å². The highest BCUT2D eigenvalue weighted by Crippen LogP contribution is 2.33. The number of methoxy groups -OCH3 is 1. The van der Waals surface area contributed by atoms with Gasteiger partial charge in [0.25, 0.3) is 5.91 Å². The van der Waals surface area contributed by atoms with E-state index in [1.165, 1.54) is 19.2 Å². The first-order chi connectivity index (χ1) is 21.1. The van der Waals surface area contributed by atoms with E-state index in [1.807, 2.05) is 0 Å². The van der Waals surface area contributed by atoms with Crippen molar-refractivity contribution in [1.82, 2.24) is 4.72 Å². The summed E-state index contributed by atoms with van der Waals surface area (Å²) in [4.78, 5) is 37.6. The van der Waals surface area contributed by atoms with Gasteiger partial charge < -0.3 is 19.2 Å². The van der Waals surface area contributed by atoms with Crippen molar-refractivity contribution in [3.8, 4) is 11.1 Å². The van der Waals surface area contributed by atoms with Crippen molar-refractivity contribution in [2.45, 2.75) is 58.1 Å². The van der Waals surface area contributed by atoms with Crippen molar-refractivity contribution in [2.75, 3.05) is 17.7 Å². The zero-order chi connectivity index (χ0) is 33.1. The van der Waals surface area contributed by atoms with E-state index in [2.05, 4.69) is 15.4 Å². The number of ether oxygens (including phenoxy) is 2. The summed E-state index contributed by atoms with van der Waals surface area (Å²) in [6.45, 7) is 10.5. The molecule has 45 heavy (non-hydrogen) atoms. The van der Waals surface area contributed by atoms with Crippen LogP contribution in [0.1, 0.15) is 50.7 Å². The Labute approximate surface area is 262 Å². The topological polar surface area (TPSA) is 153 Å². The highest BCUT2D eigenvalue weighted by Gasteiger charge is 2.29. The van der Waals surface area contributed by atoms with Crippen LogP contribution in [0, 0.1) is 12.8 Å². The quantitative estimate of drug-likeness (QED) is 0.177. The molecule has 2 amide bonds. The molecule has 1 aromatic heterocycles. The first-order valence-electron chi connectivity index (χ1n) is 14.2. The third kappa shape index (κ3) is 7.89. The number of nitrogens with one attached hydrogen (secondary N) is 3. The van der Waals surface area contributed by atoms with Gasteiger partial charge in [-0.2, -0.15) is 4.72 Å². The Hall–Kier alpha value is -4.68. The monoisotopic (exact) mass is 635 g/mol. The number of carbonyl (C=O) groups excluding carboxylic acids is 3. The van der Waals surface area contributed by atoms with E-state index in [4.69, 9.17) is 13.9 Å². The number of benzene rings is 3. The van der Waals surface area contributed by atoms with Gasteiger partial charge in [-0.1, -0.05) is 44.2 Å². The highest BCUT2D eigenvalue weighted by molar-refractivity contribution is 7.89. The molecule has 0 radical (unpaired) electrons. The van der Waals surface area contributed by atoms with Crippen LogP contribution in [0.4, 0.5) is 16.2 Å². The maximum absolute atomic E-state index is 13.2. The first kappa shape index (κ1) is 33.2. The van der Waals surface area contributed by atoms with Crippen molar-refractivity contribution < 1.29 is 36.7 Å². The normalized spacial score (nSPS) is 12.5. The summed E-state index contributed by atoms with van der Waals surface area (Å²) in [6.07, 6.45) is -0.618. The smallest absolute Gasteiger partial charge is 0.412 e. The molecule has 12 heteroatoms. The summed E-state index contributed by atoms with van der Waals surface area (Å²) in [5.41, 5.74) is 2.84. The Balaban J connectivity index is 1.47. The summed E-state index contributed by atoms with van der Waals surface area (Å²) < 4.78 is 44.1. The van der Waals surface area contributed by atoms with Gasteiger partial charge >= 0.3 is 12.1 Å². The van der Waals surface area contributed by atoms with Gasteiger partial charge in [-0.3, -0.25) is 14.9 Å². The van der Waals surface area contributed by atoms with E-state index >= 15 is 0 Å². The molecule has 3 N–H and O–H groups in total. The number of sulfonamides is 1. The molecule has 1 heterocycles. The Kier molecular flexibility index (Phi) is 9.69. The predicted octanol–water partition coefficient (Wildman–Crippen LogP) is 6.48. The number of anilines is 2. The second kappa shape index (κ2) is 13.1. The minimum atomic E-state index is -3.97. The molecular formula is C33H37N3O8S. The van der Waals surface area contributed by atoms with Crippen molar-refractivity contribution >= 4 is 50.3 Å². The number of aryl methyl sites for hydroxylation is 1. The molecule has 0 saturated heterocycles. The number of fused-ring (bicyclic) bond motifs is 1. The number of amides is 2. The zero-order valence-corrected chi connectivity index (χ0v) is 27.0. The molecule has 4 rings (SSSR count). The molecule has 0 saturated carbocycles. The largest absolute Gasteiger partial charge is 0.468 e. The van der Waals surface area contributed by atoms with Gasteiger partial charge in [0.1, 0.15) is 17.2 Å². The average molecular weight is 636 g/mol. The predicted molar refractivity (Wildman–Crippen MR) is 172 cm³/mol. The van der Waals surface area contributed by atoms with Gasteiger partial charge in [-0.25, -0.2) is 13.2 Å². The van der Waals surface area contributed by atoms with Crippen molar-refractivity contribution in [3.05, 3.63) is 78.1 Å². The van der Waals surface area contributed by atoms with Gasteiger partial charge in [0, 0.05) is 16.6 Å². The standard InChI is InChI=1S/C33H37N3O8S/c1-19(2)28(31(38)42-7)36-45(40,41)24-17-13-22(14-18-24)21-11-15-23(16-12-21)34-30(37)29-20(3)27-25(9-8-10-26(27)43-29)35-32(39)44-33(4,5)6/h8-19,28,36H,1-7H3,(H,34,37)(H,35,39). The lowest BCUT2D eigenvalue weighted by Gasteiger charge is -2.19. The number of hydrogen-bond acceptors (Lipinski definition) is 8. The Bertz CT molecular complexity index is 1820. The zero-order valence-electron chi connectivity index (χ0n) is 26.2. The number of hydrogen-bond donors (Lipinski definition) is 3. The van der Waals surface area contributed by atoms with Gasteiger partial charge in [0.2, 0.25) is 10.0 Å². The number of esters is 1. The van der Waals surface area contributed by atoms with Crippen molar-refractivity contribution in [2.24, 2.45) is 5.92 Å². The van der Waals surface area contributed by atoms with Gasteiger partial charge in [-0.15, -0.1) is 0 Å². The van der Waals surface area contributed by atoms with Crippen LogP contribution < -0.4 is 15.4 Å². The van der Waals surface area contributed by atoms with Crippen molar-refractivity contribution in [3.63, 3.8) is 0 Å². The van der Waals surface area contributed by atoms with Crippen molar-refractivity contribution in [1.29, 1.82) is 0 Å². The van der Waals surface area contributed by atoms with E-state index in [-0.39, 0.29) is 16.6 Å². The van der Waals surface area contributed by atoms with Gasteiger partial charge in [0.15, 0.2) is 5.76 Å². The molecule has 0 bridgehead atoms. The summed E-state index contributed by atoms with van der Waals surface area (Å²) >= 11 is 0. The fraction of sp³-hybridized carbons (Fsp3) is 0.303. The van der Waals surface area contributed by atoms with E-state index < -0.39 is 39.6 Å². The van der Waals surface area contributed by atoms with Crippen LogP contribution in [-0.4, -0.2) is 45.1 Å². The van der Waals surface area contributed by atoms with E-state index in [1.54, 1.807) is 96.1 Å². The molecule has 238 valence electrons. The molecular weight excluding hydrogens is 598 g/mol. The Morgan fingerprint density at radius 1 is 0.867 bits per heavy atom. The Morgan fingerprint density at radius 2 is 1.47 bits per heavy atom. The highest BCUT2D eigenvalue weighted by atomic mass is 32.2. The average Bonchev–Trinajstić information content (AvgIpc) is 3.32. The van der Waals surface area contributed by atoms with Crippen LogP contribution in [0.5, 0.6) is 0 Å². The van der Waals surface area contributed by atoms with Gasteiger partial charge in [-0.05, 0) is 81.1 Å². The third-order valence-corrected chi connectivity index (χ3v) is 8.30. The molecule has 0 aliphatic carbocycles. The minimum absolute atomic E-state index is 0.00958. The number of carbonyl (C=O) groups is 3. The number of rotatable bonds is 9. The maximum atomic E-state index is 13.2. The molecule has 0 spiro atoms. The lowest BCUT2D eigenvalue weighted by Crippen LogP contribution is -2.44. The fourth-order valence-electron chi connectivity index (χ4n) is 4.62. The summed E-state index contributed by atoms with van der Waals surface area (Å²) in [6, 6.07) is 17.4. The molecule has 3 aromatic carbocycles. The van der Waals surface area contributed by atoms with E-state index in [9.17, 15) is 22.8 Å². The van der Waals surface area contributed by atoms with E-state index in [0.717, 1.165) is 11.1 Å². The molecule has 1 unspecified atom stereocenters.